The van der Waals surface area contributed by atoms with Gasteiger partial charge in [-0.1, -0.05) is 18.9 Å². The van der Waals surface area contributed by atoms with Crippen LogP contribution in [0.1, 0.15) is 52.4 Å². The third kappa shape index (κ3) is 2.57. The molecule has 0 heterocycles. The first-order valence-electron chi connectivity index (χ1n) is 7.54. The summed E-state index contributed by atoms with van der Waals surface area (Å²) in [4.78, 5) is 4.46. The van der Waals surface area contributed by atoms with Crippen molar-refractivity contribution in [1.29, 1.82) is 0 Å². The van der Waals surface area contributed by atoms with Gasteiger partial charge in [-0.05, 0) is 67.1 Å². The Kier molecular flexibility index (Phi) is 3.89. The molecule has 110 valence electrons. The molecule has 4 aliphatic rings. The first-order chi connectivity index (χ1) is 9.05. The molecule has 0 unspecified atom stereocenters. The first-order valence-corrected chi connectivity index (χ1v) is 8.45. The summed E-state index contributed by atoms with van der Waals surface area (Å²) in [5, 5.41) is 4.51. The van der Waals surface area contributed by atoms with Crippen LogP contribution in [0.4, 0.5) is 0 Å². The monoisotopic (exact) mass is 286 g/mol. The summed E-state index contributed by atoms with van der Waals surface area (Å²) in [5.41, 5.74) is 0.857. The predicted molar refractivity (Wildman–Crippen MR) is 76.0 cm³/mol. The highest BCUT2D eigenvalue weighted by Gasteiger charge is 2.56. The van der Waals surface area contributed by atoms with Gasteiger partial charge in [-0.25, -0.2) is 4.89 Å². The van der Waals surface area contributed by atoms with E-state index >= 15 is 0 Å². The molecular weight excluding hydrogens is 260 g/mol. The van der Waals surface area contributed by atoms with E-state index in [4.69, 9.17) is 4.33 Å². The van der Waals surface area contributed by atoms with Crippen LogP contribution in [0.2, 0.25) is 0 Å². The third-order valence-corrected chi connectivity index (χ3v) is 7.03. The van der Waals surface area contributed by atoms with Crippen LogP contribution in [-0.4, -0.2) is 12.9 Å². The second kappa shape index (κ2) is 5.21. The molecule has 0 aliphatic heterocycles. The average Bonchev–Trinajstić information content (AvgIpc) is 2.33. The van der Waals surface area contributed by atoms with Crippen LogP contribution in [-0.2, 0) is 14.3 Å². The molecule has 0 N–H and O–H groups in total. The fourth-order valence-corrected chi connectivity index (χ4v) is 6.06. The van der Waals surface area contributed by atoms with Crippen molar-refractivity contribution in [2.75, 3.05) is 12.9 Å². The lowest BCUT2D eigenvalue weighted by Gasteiger charge is -2.62. The molecule has 4 aliphatic carbocycles. The first kappa shape index (κ1) is 14.2. The molecule has 19 heavy (non-hydrogen) atoms. The molecule has 4 heteroatoms. The van der Waals surface area contributed by atoms with E-state index in [0.29, 0.717) is 10.8 Å². The summed E-state index contributed by atoms with van der Waals surface area (Å²) in [5.74, 6) is 3.99. The van der Waals surface area contributed by atoms with E-state index in [-0.39, 0.29) is 0 Å². The van der Waals surface area contributed by atoms with Gasteiger partial charge in [0.25, 0.3) is 0 Å². The van der Waals surface area contributed by atoms with Crippen molar-refractivity contribution in [1.82, 2.24) is 0 Å². The summed E-state index contributed by atoms with van der Waals surface area (Å²) >= 11 is 1.39. The van der Waals surface area contributed by atoms with Crippen LogP contribution >= 0.6 is 12.0 Å². The summed E-state index contributed by atoms with van der Waals surface area (Å²) in [6.07, 6.45) is 8.84. The number of rotatable bonds is 6. The molecule has 0 aromatic heterocycles. The highest BCUT2D eigenvalue weighted by molar-refractivity contribution is 7.94. The topological polar surface area (TPSA) is 27.7 Å². The minimum absolute atomic E-state index is 0.310. The maximum absolute atomic E-state index is 4.98. The van der Waals surface area contributed by atoms with E-state index in [0.717, 1.165) is 23.5 Å². The lowest BCUT2D eigenvalue weighted by atomic mass is 9.43. The highest BCUT2D eigenvalue weighted by Crippen LogP contribution is 2.66. The largest absolute Gasteiger partial charge is 0.209 e. The van der Waals surface area contributed by atoms with E-state index in [9.17, 15) is 0 Å². The second-order valence-corrected chi connectivity index (χ2v) is 8.31. The van der Waals surface area contributed by atoms with Gasteiger partial charge in [-0.15, -0.1) is 4.33 Å². The van der Waals surface area contributed by atoms with Gasteiger partial charge in [0.2, 0.25) is 0 Å². The van der Waals surface area contributed by atoms with Gasteiger partial charge in [-0.3, -0.25) is 0 Å². The Hall–Kier alpha value is 0.230. The minimum Gasteiger partial charge on any atom is -0.209 e. The van der Waals surface area contributed by atoms with E-state index in [1.807, 2.05) is 0 Å². The molecule has 4 fully saturated rings. The third-order valence-electron chi connectivity index (χ3n) is 6.04. The van der Waals surface area contributed by atoms with Crippen molar-refractivity contribution in [3.8, 4) is 0 Å². The number of hydrogen-bond acceptors (Lipinski definition) is 4. The van der Waals surface area contributed by atoms with Crippen molar-refractivity contribution >= 4 is 12.0 Å². The lowest BCUT2D eigenvalue weighted by Crippen LogP contribution is -2.53. The number of hydrogen-bond donors (Lipinski definition) is 0. The Morgan fingerprint density at radius 2 is 1.58 bits per heavy atom. The van der Waals surface area contributed by atoms with Crippen molar-refractivity contribution < 1.29 is 14.3 Å². The average molecular weight is 286 g/mol. The maximum Gasteiger partial charge on any atom is 0.0744 e. The van der Waals surface area contributed by atoms with E-state index in [1.54, 1.807) is 0 Å². The normalized spacial score (nSPS) is 40.9. The van der Waals surface area contributed by atoms with Crippen molar-refractivity contribution in [3.05, 3.63) is 0 Å². The summed E-state index contributed by atoms with van der Waals surface area (Å²) in [6.45, 7) is 4.84. The Balaban J connectivity index is 1.66. The summed E-state index contributed by atoms with van der Waals surface area (Å²) in [6, 6.07) is 0. The van der Waals surface area contributed by atoms with Gasteiger partial charge in [0.05, 0.1) is 7.11 Å². The van der Waals surface area contributed by atoms with Gasteiger partial charge in [0, 0.05) is 17.8 Å². The van der Waals surface area contributed by atoms with Crippen LogP contribution in [0.15, 0.2) is 0 Å². The molecule has 3 nitrogen and oxygen atoms in total. The molecule has 4 bridgehead atoms. The molecule has 0 spiro atoms. The molecule has 0 aromatic rings. The van der Waals surface area contributed by atoms with Crippen LogP contribution in [0.5, 0.6) is 0 Å². The Morgan fingerprint density at radius 1 is 1.05 bits per heavy atom. The van der Waals surface area contributed by atoms with Crippen LogP contribution in [0.25, 0.3) is 0 Å². The smallest absolute Gasteiger partial charge is 0.0744 e. The molecule has 0 radical (unpaired) electrons. The molecular formula is C15H26O3S. The van der Waals surface area contributed by atoms with Crippen LogP contribution < -0.4 is 0 Å². The second-order valence-electron chi connectivity index (χ2n) is 7.65. The fraction of sp³-hybridized carbons (Fsp3) is 1.00. The molecule has 0 aromatic carbocycles. The zero-order valence-corrected chi connectivity index (χ0v) is 13.1. The summed E-state index contributed by atoms with van der Waals surface area (Å²) in [7, 11) is 1.46. The van der Waals surface area contributed by atoms with Gasteiger partial charge in [0.1, 0.15) is 0 Å². The van der Waals surface area contributed by atoms with E-state index < -0.39 is 0 Å². The fourth-order valence-electron chi connectivity index (χ4n) is 5.31. The zero-order chi connectivity index (χ0) is 13.5. The Labute approximate surface area is 120 Å². The van der Waals surface area contributed by atoms with Gasteiger partial charge in [-0.2, -0.15) is 0 Å². The van der Waals surface area contributed by atoms with Gasteiger partial charge < -0.3 is 0 Å². The molecule has 0 atom stereocenters. The SMILES string of the molecule is COOOSCC(C)(C)C12CC3CC(CC(C3)C1)C2. The van der Waals surface area contributed by atoms with Crippen LogP contribution in [0.3, 0.4) is 0 Å². The lowest BCUT2D eigenvalue weighted by molar-refractivity contribution is -0.447. The molecule has 4 saturated carbocycles. The zero-order valence-electron chi connectivity index (χ0n) is 12.3. The van der Waals surface area contributed by atoms with Crippen molar-refractivity contribution in [3.63, 3.8) is 0 Å². The standard InChI is InChI=1S/C15H26O3S/c1-14(2,10-19-18-17-16-3)15-7-11-4-12(8-15)6-13(5-11)9-15/h11-13H,4-10H2,1-3H3. The van der Waals surface area contributed by atoms with Gasteiger partial charge in [0.15, 0.2) is 0 Å². The Morgan fingerprint density at radius 3 is 2.05 bits per heavy atom. The van der Waals surface area contributed by atoms with Crippen molar-refractivity contribution in [2.24, 2.45) is 28.6 Å². The molecule has 0 amide bonds. The summed E-state index contributed by atoms with van der Waals surface area (Å²) < 4.78 is 4.98. The minimum atomic E-state index is 0.310. The van der Waals surface area contributed by atoms with E-state index in [1.165, 1.54) is 57.7 Å². The molecule has 0 saturated heterocycles. The van der Waals surface area contributed by atoms with Crippen LogP contribution in [0, 0.1) is 28.6 Å². The Bertz CT molecular complexity index is 294. The highest BCUT2D eigenvalue weighted by atomic mass is 32.2. The molecule has 4 rings (SSSR count). The van der Waals surface area contributed by atoms with Crippen molar-refractivity contribution in [2.45, 2.75) is 52.4 Å². The van der Waals surface area contributed by atoms with E-state index in [2.05, 4.69) is 23.8 Å². The predicted octanol–water partition coefficient (Wildman–Crippen LogP) is 4.39. The van der Waals surface area contributed by atoms with Gasteiger partial charge >= 0.3 is 0 Å². The maximum atomic E-state index is 4.98. The quantitative estimate of drug-likeness (QED) is 0.313.